The predicted octanol–water partition coefficient (Wildman–Crippen LogP) is 7.51. The summed E-state index contributed by atoms with van der Waals surface area (Å²) in [5.74, 6) is 0. The van der Waals surface area contributed by atoms with E-state index < -0.39 is 0 Å². The third-order valence-electron chi connectivity index (χ3n) is 6.41. The maximum atomic E-state index is 9.86. The van der Waals surface area contributed by atoms with Crippen LogP contribution in [-0.4, -0.2) is 0 Å². The van der Waals surface area contributed by atoms with Gasteiger partial charge in [-0.05, 0) is 47.6 Å². The Morgan fingerprint density at radius 3 is 2.24 bits per heavy atom. The van der Waals surface area contributed by atoms with Crippen molar-refractivity contribution in [1.29, 1.82) is 5.26 Å². The van der Waals surface area contributed by atoms with Gasteiger partial charge >= 0.3 is 0 Å². The highest BCUT2D eigenvalue weighted by atomic mass is 16.3. The van der Waals surface area contributed by atoms with E-state index in [2.05, 4.69) is 75.8 Å². The van der Waals surface area contributed by atoms with Crippen molar-refractivity contribution in [2.45, 2.75) is 34.1 Å². The van der Waals surface area contributed by atoms with E-state index in [-0.39, 0.29) is 5.41 Å². The molecule has 0 amide bonds. The molecule has 34 heavy (non-hydrogen) atoms. The molecule has 0 aliphatic heterocycles. The van der Waals surface area contributed by atoms with Crippen molar-refractivity contribution >= 4 is 21.9 Å². The largest absolute Gasteiger partial charge is 0.454 e. The zero-order valence-corrected chi connectivity index (χ0v) is 20.4. The molecule has 0 N–H and O–H groups in total. The fourth-order valence-corrected chi connectivity index (χ4v) is 4.89. The Morgan fingerprint density at radius 1 is 0.882 bits per heavy atom. The van der Waals surface area contributed by atoms with E-state index in [1.165, 1.54) is 5.56 Å². The summed E-state index contributed by atoms with van der Waals surface area (Å²) < 4.78 is 8.84. The number of nitriles is 1. The summed E-state index contributed by atoms with van der Waals surface area (Å²) in [5.41, 5.74) is 9.00. The molecule has 0 spiro atoms. The standard InChI is InChI=1S/C31H29N2O/c1-20-11-13-24-25-14-12-23(19-32)28(22-9-7-6-8-10-22)30(25)34-29(24)27(20)26-17-21(15-16-33(26)5)18-31(2,3)4/h6-17H,18H2,1-5H3/q+1. The fourth-order valence-electron chi connectivity index (χ4n) is 4.89. The number of furan rings is 1. The van der Waals surface area contributed by atoms with Crippen molar-refractivity contribution in [1.82, 2.24) is 0 Å². The zero-order chi connectivity index (χ0) is 24.0. The maximum Gasteiger partial charge on any atom is 0.216 e. The predicted molar refractivity (Wildman–Crippen MR) is 138 cm³/mol. The summed E-state index contributed by atoms with van der Waals surface area (Å²) in [5, 5.41) is 12.0. The van der Waals surface area contributed by atoms with Gasteiger partial charge in [0.25, 0.3) is 0 Å². The highest BCUT2D eigenvalue weighted by Gasteiger charge is 2.24. The molecule has 2 aromatic heterocycles. The summed E-state index contributed by atoms with van der Waals surface area (Å²) in [7, 11) is 2.08. The van der Waals surface area contributed by atoms with E-state index in [1.807, 2.05) is 42.5 Å². The Hall–Kier alpha value is -3.90. The van der Waals surface area contributed by atoms with Gasteiger partial charge in [-0.15, -0.1) is 0 Å². The van der Waals surface area contributed by atoms with Gasteiger partial charge < -0.3 is 4.42 Å². The number of pyridine rings is 1. The molecular weight excluding hydrogens is 416 g/mol. The monoisotopic (exact) mass is 445 g/mol. The van der Waals surface area contributed by atoms with Crippen LogP contribution >= 0.6 is 0 Å². The molecule has 3 aromatic carbocycles. The molecule has 3 nitrogen and oxygen atoms in total. The Balaban J connectivity index is 1.83. The molecule has 168 valence electrons. The summed E-state index contributed by atoms with van der Waals surface area (Å²) in [6.07, 6.45) is 3.14. The van der Waals surface area contributed by atoms with Gasteiger partial charge in [-0.3, -0.25) is 0 Å². The van der Waals surface area contributed by atoms with Gasteiger partial charge in [0.05, 0.1) is 17.2 Å². The second-order valence-electron chi connectivity index (χ2n) is 10.3. The Bertz CT molecular complexity index is 1580. The Kier molecular flexibility index (Phi) is 5.25. The van der Waals surface area contributed by atoms with Gasteiger partial charge in [0.15, 0.2) is 6.20 Å². The van der Waals surface area contributed by atoms with Gasteiger partial charge in [-0.25, -0.2) is 4.57 Å². The molecule has 0 aliphatic rings. The molecule has 0 atom stereocenters. The van der Waals surface area contributed by atoms with Crippen LogP contribution in [0.1, 0.15) is 37.5 Å². The molecule has 5 aromatic rings. The van der Waals surface area contributed by atoms with Gasteiger partial charge in [-0.2, -0.15) is 5.26 Å². The topological polar surface area (TPSA) is 40.8 Å². The Morgan fingerprint density at radius 2 is 1.56 bits per heavy atom. The number of nitrogens with zero attached hydrogens (tertiary/aromatic N) is 2. The molecule has 2 heterocycles. The van der Waals surface area contributed by atoms with E-state index in [4.69, 9.17) is 4.42 Å². The fraction of sp³-hybridized carbons (Fsp3) is 0.226. The van der Waals surface area contributed by atoms with E-state index in [1.54, 1.807) is 0 Å². The van der Waals surface area contributed by atoms with Gasteiger partial charge in [0.2, 0.25) is 5.69 Å². The van der Waals surface area contributed by atoms with Crippen molar-refractivity contribution in [2.24, 2.45) is 12.5 Å². The summed E-state index contributed by atoms with van der Waals surface area (Å²) >= 11 is 0. The molecule has 0 fully saturated rings. The lowest BCUT2D eigenvalue weighted by molar-refractivity contribution is -0.660. The summed E-state index contributed by atoms with van der Waals surface area (Å²) in [6, 6.07) is 25.1. The number of fused-ring (bicyclic) bond motifs is 3. The summed E-state index contributed by atoms with van der Waals surface area (Å²) in [4.78, 5) is 0. The number of aromatic nitrogens is 1. The number of hydrogen-bond acceptors (Lipinski definition) is 2. The average molecular weight is 446 g/mol. The van der Waals surface area contributed by atoms with Crippen molar-refractivity contribution in [3.8, 4) is 28.5 Å². The van der Waals surface area contributed by atoms with Crippen molar-refractivity contribution in [3.63, 3.8) is 0 Å². The van der Waals surface area contributed by atoms with E-state index in [0.717, 1.165) is 56.3 Å². The van der Waals surface area contributed by atoms with E-state index >= 15 is 0 Å². The third kappa shape index (κ3) is 3.76. The lowest BCUT2D eigenvalue weighted by Gasteiger charge is -2.18. The van der Waals surface area contributed by atoms with Gasteiger partial charge in [0, 0.05) is 28.5 Å². The van der Waals surface area contributed by atoms with Crippen LogP contribution in [0.3, 0.4) is 0 Å². The first-order valence-corrected chi connectivity index (χ1v) is 11.7. The Labute approximate surface area is 200 Å². The molecule has 0 unspecified atom stereocenters. The number of hydrogen-bond donors (Lipinski definition) is 0. The van der Waals surface area contributed by atoms with Crippen LogP contribution in [0.4, 0.5) is 0 Å². The molecule has 0 saturated carbocycles. The second kappa shape index (κ2) is 8.15. The van der Waals surface area contributed by atoms with Crippen molar-refractivity contribution in [2.75, 3.05) is 0 Å². The lowest BCUT2D eigenvalue weighted by atomic mass is 9.87. The first-order chi connectivity index (χ1) is 16.3. The van der Waals surface area contributed by atoms with E-state index in [0.29, 0.717) is 5.56 Å². The van der Waals surface area contributed by atoms with Crippen LogP contribution in [0.2, 0.25) is 0 Å². The average Bonchev–Trinajstić information content (AvgIpc) is 3.18. The first-order valence-electron chi connectivity index (χ1n) is 11.7. The molecule has 5 rings (SSSR count). The molecule has 0 bridgehead atoms. The van der Waals surface area contributed by atoms with Gasteiger partial charge in [0.1, 0.15) is 18.2 Å². The van der Waals surface area contributed by atoms with Crippen molar-refractivity contribution in [3.05, 3.63) is 89.6 Å². The van der Waals surface area contributed by atoms with Crippen LogP contribution in [0.5, 0.6) is 0 Å². The molecule has 0 aliphatic carbocycles. The van der Waals surface area contributed by atoms with Crippen LogP contribution in [0.25, 0.3) is 44.3 Å². The van der Waals surface area contributed by atoms with Crippen LogP contribution in [0.15, 0.2) is 77.3 Å². The molecule has 0 radical (unpaired) electrons. The molecule has 3 heteroatoms. The third-order valence-corrected chi connectivity index (χ3v) is 6.41. The SMILES string of the molecule is Cc1ccc2c(oc3c(-c4ccccc4)c(C#N)ccc32)c1-c1cc(CC(C)(C)C)cc[n+]1C. The minimum atomic E-state index is 0.204. The van der Waals surface area contributed by atoms with Crippen LogP contribution in [0, 0.1) is 23.7 Å². The van der Waals surface area contributed by atoms with Crippen LogP contribution in [-0.2, 0) is 13.5 Å². The van der Waals surface area contributed by atoms with Crippen molar-refractivity contribution < 1.29 is 8.98 Å². The summed E-state index contributed by atoms with van der Waals surface area (Å²) in [6.45, 7) is 8.94. The van der Waals surface area contributed by atoms with Gasteiger partial charge in [-0.1, -0.05) is 63.2 Å². The molecular formula is C31H29N2O+. The quantitative estimate of drug-likeness (QED) is 0.270. The number of benzene rings is 3. The number of rotatable bonds is 3. The normalized spacial score (nSPS) is 11.8. The smallest absolute Gasteiger partial charge is 0.216 e. The van der Waals surface area contributed by atoms with E-state index in [9.17, 15) is 5.26 Å². The highest BCUT2D eigenvalue weighted by Crippen LogP contribution is 2.42. The molecule has 0 saturated heterocycles. The minimum absolute atomic E-state index is 0.204. The number of aryl methyl sites for hydroxylation is 2. The zero-order valence-electron chi connectivity index (χ0n) is 20.4. The lowest BCUT2D eigenvalue weighted by Crippen LogP contribution is -2.31. The first kappa shape index (κ1) is 21.9. The van der Waals surface area contributed by atoms with Crippen LogP contribution < -0.4 is 4.57 Å². The second-order valence-corrected chi connectivity index (χ2v) is 10.3. The highest BCUT2D eigenvalue weighted by molar-refractivity contribution is 6.13. The maximum absolute atomic E-state index is 9.86. The minimum Gasteiger partial charge on any atom is -0.454 e.